The Bertz CT molecular complexity index is 156. The molecule has 0 aromatic carbocycles. The van der Waals surface area contributed by atoms with Gasteiger partial charge in [-0.3, -0.25) is 0 Å². The van der Waals surface area contributed by atoms with Crippen LogP contribution in [-0.2, 0) is 0 Å². The summed E-state index contributed by atoms with van der Waals surface area (Å²) in [5.41, 5.74) is 2.37. The zero-order valence-electron chi connectivity index (χ0n) is 8.61. The first-order valence-corrected chi connectivity index (χ1v) is 4.88. The normalized spacial score (nSPS) is 11.8. The van der Waals surface area contributed by atoms with Gasteiger partial charge in [-0.25, -0.2) is 0 Å². The van der Waals surface area contributed by atoms with E-state index in [1.165, 1.54) is 24.8 Å². The number of nitrogens with one attached hydrogen (secondary N) is 1. The summed E-state index contributed by atoms with van der Waals surface area (Å²) in [5.74, 6) is 0. The van der Waals surface area contributed by atoms with E-state index in [4.69, 9.17) is 5.41 Å². The fraction of sp³-hybridized carbons (Fsp3) is 0.727. The van der Waals surface area contributed by atoms with Crippen LogP contribution in [0.4, 0.5) is 0 Å². The van der Waals surface area contributed by atoms with Gasteiger partial charge in [-0.1, -0.05) is 18.6 Å². The maximum atomic E-state index is 7.45. The van der Waals surface area contributed by atoms with Crippen molar-refractivity contribution in [1.29, 1.82) is 5.41 Å². The standard InChI is InChI=1S/C11H21N/c1-4-10(3)8-6-7-9-11(12)5-2/h4,12H,5-9H2,1-3H3. The van der Waals surface area contributed by atoms with Crippen molar-refractivity contribution in [3.8, 4) is 0 Å². The quantitative estimate of drug-likeness (QED) is 0.352. The molecule has 70 valence electrons. The lowest BCUT2D eigenvalue weighted by molar-refractivity contribution is 0.748. The van der Waals surface area contributed by atoms with Crippen LogP contribution in [0.5, 0.6) is 0 Å². The fourth-order valence-electron chi connectivity index (χ4n) is 1.06. The first kappa shape index (κ1) is 11.4. The molecule has 12 heavy (non-hydrogen) atoms. The minimum atomic E-state index is 0.896. The Kier molecular flexibility index (Phi) is 6.73. The summed E-state index contributed by atoms with van der Waals surface area (Å²) in [4.78, 5) is 0. The van der Waals surface area contributed by atoms with Gasteiger partial charge in [0.1, 0.15) is 0 Å². The predicted molar refractivity (Wildman–Crippen MR) is 55.9 cm³/mol. The predicted octanol–water partition coefficient (Wildman–Crippen LogP) is 3.94. The van der Waals surface area contributed by atoms with Crippen LogP contribution in [0, 0.1) is 5.41 Å². The highest BCUT2D eigenvalue weighted by atomic mass is 14.4. The molecule has 0 amide bonds. The van der Waals surface area contributed by atoms with Gasteiger partial charge in [-0.2, -0.15) is 0 Å². The largest absolute Gasteiger partial charge is 0.310 e. The molecule has 0 aromatic rings. The number of hydrogen-bond donors (Lipinski definition) is 1. The first-order chi connectivity index (χ1) is 5.70. The third-order valence-electron chi connectivity index (χ3n) is 2.22. The topological polar surface area (TPSA) is 23.9 Å². The molecule has 0 aliphatic heterocycles. The molecule has 0 atom stereocenters. The Morgan fingerprint density at radius 1 is 1.25 bits per heavy atom. The molecule has 0 spiro atoms. The molecule has 0 aliphatic rings. The van der Waals surface area contributed by atoms with E-state index in [2.05, 4.69) is 26.8 Å². The third-order valence-corrected chi connectivity index (χ3v) is 2.22. The van der Waals surface area contributed by atoms with E-state index in [9.17, 15) is 0 Å². The molecular formula is C11H21N. The van der Waals surface area contributed by atoms with Crippen LogP contribution in [0.15, 0.2) is 11.6 Å². The molecule has 1 heteroatoms. The van der Waals surface area contributed by atoms with Gasteiger partial charge in [0.15, 0.2) is 0 Å². The summed E-state index contributed by atoms with van der Waals surface area (Å²) in [6, 6.07) is 0. The van der Waals surface area contributed by atoms with Crippen LogP contribution in [0.3, 0.4) is 0 Å². The van der Waals surface area contributed by atoms with Gasteiger partial charge >= 0.3 is 0 Å². The van der Waals surface area contributed by atoms with Crippen LogP contribution in [0.2, 0.25) is 0 Å². The van der Waals surface area contributed by atoms with E-state index in [1.807, 2.05) is 0 Å². The van der Waals surface area contributed by atoms with Gasteiger partial charge in [0, 0.05) is 5.71 Å². The van der Waals surface area contributed by atoms with E-state index >= 15 is 0 Å². The van der Waals surface area contributed by atoms with Crippen molar-refractivity contribution in [2.24, 2.45) is 0 Å². The second-order valence-electron chi connectivity index (χ2n) is 3.30. The average molecular weight is 167 g/mol. The van der Waals surface area contributed by atoms with Crippen LogP contribution in [-0.4, -0.2) is 5.71 Å². The van der Waals surface area contributed by atoms with Crippen LogP contribution >= 0.6 is 0 Å². The molecule has 1 nitrogen and oxygen atoms in total. The molecule has 0 saturated carbocycles. The van der Waals surface area contributed by atoms with Crippen LogP contribution in [0.25, 0.3) is 0 Å². The van der Waals surface area contributed by atoms with Gasteiger partial charge in [-0.05, 0) is 46.0 Å². The highest BCUT2D eigenvalue weighted by molar-refractivity contribution is 5.80. The van der Waals surface area contributed by atoms with E-state index in [1.54, 1.807) is 0 Å². The summed E-state index contributed by atoms with van der Waals surface area (Å²) in [6.07, 6.45) is 7.70. The minimum absolute atomic E-state index is 0.896. The molecule has 0 aromatic heterocycles. The monoisotopic (exact) mass is 167 g/mol. The second-order valence-corrected chi connectivity index (χ2v) is 3.30. The van der Waals surface area contributed by atoms with Crippen molar-refractivity contribution in [2.45, 2.75) is 52.9 Å². The summed E-state index contributed by atoms with van der Waals surface area (Å²) in [5, 5.41) is 7.45. The summed E-state index contributed by atoms with van der Waals surface area (Å²) in [7, 11) is 0. The Labute approximate surface area is 76.4 Å². The van der Waals surface area contributed by atoms with Gasteiger partial charge < -0.3 is 5.41 Å². The van der Waals surface area contributed by atoms with Crippen molar-refractivity contribution in [3.63, 3.8) is 0 Å². The van der Waals surface area contributed by atoms with Crippen molar-refractivity contribution >= 4 is 5.71 Å². The van der Waals surface area contributed by atoms with Gasteiger partial charge in [0.25, 0.3) is 0 Å². The molecule has 0 radical (unpaired) electrons. The molecule has 0 unspecified atom stereocenters. The number of allylic oxidation sites excluding steroid dienone is 2. The lowest BCUT2D eigenvalue weighted by Crippen LogP contribution is -1.93. The minimum Gasteiger partial charge on any atom is -0.310 e. The Balaban J connectivity index is 3.27. The van der Waals surface area contributed by atoms with Crippen molar-refractivity contribution in [3.05, 3.63) is 11.6 Å². The van der Waals surface area contributed by atoms with Crippen LogP contribution < -0.4 is 0 Å². The summed E-state index contributed by atoms with van der Waals surface area (Å²) < 4.78 is 0. The van der Waals surface area contributed by atoms with Gasteiger partial charge in [0.2, 0.25) is 0 Å². The second kappa shape index (κ2) is 7.08. The maximum Gasteiger partial charge on any atom is 0.00864 e. The number of hydrogen-bond acceptors (Lipinski definition) is 1. The number of unbranched alkanes of at least 4 members (excludes halogenated alkanes) is 1. The first-order valence-electron chi connectivity index (χ1n) is 4.88. The van der Waals surface area contributed by atoms with Crippen molar-refractivity contribution < 1.29 is 0 Å². The Morgan fingerprint density at radius 3 is 2.33 bits per heavy atom. The summed E-state index contributed by atoms with van der Waals surface area (Å²) in [6.45, 7) is 6.31. The highest BCUT2D eigenvalue weighted by Crippen LogP contribution is 2.08. The smallest absolute Gasteiger partial charge is 0.00864 e. The maximum absolute atomic E-state index is 7.45. The Morgan fingerprint density at radius 2 is 1.83 bits per heavy atom. The van der Waals surface area contributed by atoms with E-state index in [0.717, 1.165) is 18.6 Å². The molecular weight excluding hydrogens is 146 g/mol. The molecule has 0 rings (SSSR count). The van der Waals surface area contributed by atoms with Crippen LogP contribution in [0.1, 0.15) is 52.9 Å². The van der Waals surface area contributed by atoms with E-state index < -0.39 is 0 Å². The molecule has 0 saturated heterocycles. The highest BCUT2D eigenvalue weighted by Gasteiger charge is 1.94. The lowest BCUT2D eigenvalue weighted by atomic mass is 10.1. The zero-order valence-corrected chi connectivity index (χ0v) is 8.61. The Hall–Kier alpha value is -0.590. The number of rotatable bonds is 6. The SMILES string of the molecule is CC=C(C)CCCCC(=N)CC. The molecule has 0 bridgehead atoms. The molecule has 0 aliphatic carbocycles. The third kappa shape index (κ3) is 6.14. The molecule has 0 heterocycles. The average Bonchev–Trinajstić information content (AvgIpc) is 2.11. The zero-order chi connectivity index (χ0) is 9.40. The molecule has 0 fully saturated rings. The van der Waals surface area contributed by atoms with Gasteiger partial charge in [0.05, 0.1) is 0 Å². The van der Waals surface area contributed by atoms with Gasteiger partial charge in [-0.15, -0.1) is 0 Å². The van der Waals surface area contributed by atoms with E-state index in [0.29, 0.717) is 0 Å². The lowest BCUT2D eigenvalue weighted by Gasteiger charge is -2.01. The molecule has 1 N–H and O–H groups in total. The fourth-order valence-corrected chi connectivity index (χ4v) is 1.06. The van der Waals surface area contributed by atoms with E-state index in [-0.39, 0.29) is 0 Å². The summed E-state index contributed by atoms with van der Waals surface area (Å²) >= 11 is 0. The van der Waals surface area contributed by atoms with Crippen molar-refractivity contribution in [1.82, 2.24) is 0 Å². The van der Waals surface area contributed by atoms with Crippen molar-refractivity contribution in [2.75, 3.05) is 0 Å².